The maximum absolute atomic E-state index is 12.1. The molecule has 0 radical (unpaired) electrons. The van der Waals surface area contributed by atoms with Gasteiger partial charge in [0.1, 0.15) is 0 Å². The van der Waals surface area contributed by atoms with Crippen LogP contribution in [0.1, 0.15) is 38.1 Å². The molecule has 0 saturated heterocycles. The highest BCUT2D eigenvalue weighted by Crippen LogP contribution is 2.21. The second-order valence-electron chi connectivity index (χ2n) is 5.48. The molecule has 1 N–H and O–H groups in total. The third kappa shape index (κ3) is 3.96. The maximum Gasteiger partial charge on any atom is 0.246 e. The summed E-state index contributed by atoms with van der Waals surface area (Å²) in [4.78, 5) is 23.9. The molecule has 0 spiro atoms. The van der Waals surface area contributed by atoms with Gasteiger partial charge in [0.25, 0.3) is 0 Å². The van der Waals surface area contributed by atoms with Gasteiger partial charge in [0, 0.05) is 12.6 Å². The van der Waals surface area contributed by atoms with Crippen molar-refractivity contribution in [3.63, 3.8) is 0 Å². The summed E-state index contributed by atoms with van der Waals surface area (Å²) in [5.41, 5.74) is 3.68. The van der Waals surface area contributed by atoms with E-state index in [1.807, 2.05) is 13.8 Å². The summed E-state index contributed by atoms with van der Waals surface area (Å²) in [5, 5.41) is 2.89. The number of carbonyl (C=O) groups excluding carboxylic acids is 2. The first-order chi connectivity index (χ1) is 10.2. The van der Waals surface area contributed by atoms with Gasteiger partial charge in [-0.05, 0) is 26.3 Å². The molecule has 0 saturated carbocycles. The van der Waals surface area contributed by atoms with Crippen molar-refractivity contribution in [1.82, 2.24) is 5.32 Å². The van der Waals surface area contributed by atoms with Crippen molar-refractivity contribution < 1.29 is 15.8 Å². The molecule has 0 atom stereocenters. The van der Waals surface area contributed by atoms with Crippen molar-refractivity contribution in [2.75, 3.05) is 7.11 Å². The number of amides is 1. The van der Waals surface area contributed by atoms with E-state index in [4.69, 9.17) is 4.74 Å². The van der Waals surface area contributed by atoms with Crippen molar-refractivity contribution in [2.45, 2.75) is 26.3 Å². The fraction of sp³-hybridized carbons (Fsp3) is 0.278. The number of allylic oxidation sites excluding steroid dienone is 1. The number of hydrogen-bond acceptors (Lipinski definition) is 3. The van der Waals surface area contributed by atoms with Crippen LogP contribution in [0.25, 0.3) is 0 Å². The number of rotatable bonds is 6. The number of carbonyl (C=O) groups is 2. The van der Waals surface area contributed by atoms with Gasteiger partial charge in [0.15, 0.2) is 0 Å². The van der Waals surface area contributed by atoms with E-state index in [1.54, 1.807) is 31.2 Å². The predicted molar refractivity (Wildman–Crippen MR) is 88.5 cm³/mol. The summed E-state index contributed by atoms with van der Waals surface area (Å²) < 4.78 is 4.92. The lowest BCUT2D eigenvalue weighted by atomic mass is 9.92. The Kier molecular flexibility index (Phi) is 5.50. The SMILES string of the molecule is C=C=C(OC)C(=O)c1ccc(C(C)(C)NC(=O)C(=C)C)cc1.[HH]. The van der Waals surface area contributed by atoms with Gasteiger partial charge in [-0.1, -0.05) is 43.2 Å². The van der Waals surface area contributed by atoms with E-state index < -0.39 is 5.54 Å². The average molecular weight is 301 g/mol. The molecular formula is C18H23NO3. The molecule has 1 rings (SSSR count). The summed E-state index contributed by atoms with van der Waals surface area (Å²) in [6.45, 7) is 12.5. The Morgan fingerprint density at radius 3 is 2.23 bits per heavy atom. The molecule has 1 aromatic carbocycles. The van der Waals surface area contributed by atoms with E-state index in [2.05, 4.69) is 24.2 Å². The Morgan fingerprint density at radius 1 is 1.27 bits per heavy atom. The number of benzene rings is 1. The number of hydrogen-bond donors (Lipinski definition) is 1. The van der Waals surface area contributed by atoms with Crippen LogP contribution in [0.15, 0.2) is 54.5 Å². The van der Waals surface area contributed by atoms with Crippen LogP contribution < -0.4 is 5.32 Å². The van der Waals surface area contributed by atoms with Gasteiger partial charge in [0.05, 0.1) is 12.6 Å². The van der Waals surface area contributed by atoms with Gasteiger partial charge in [-0.2, -0.15) is 0 Å². The predicted octanol–water partition coefficient (Wildman–Crippen LogP) is 3.36. The summed E-state index contributed by atoms with van der Waals surface area (Å²) in [5.74, 6) is -0.420. The third-order valence-corrected chi connectivity index (χ3v) is 3.25. The Bertz CT molecular complexity index is 653. The molecule has 4 heteroatoms. The lowest BCUT2D eigenvalue weighted by Crippen LogP contribution is -2.41. The van der Waals surface area contributed by atoms with Crippen LogP contribution in [0.3, 0.4) is 0 Å². The third-order valence-electron chi connectivity index (χ3n) is 3.25. The highest BCUT2D eigenvalue weighted by molar-refractivity contribution is 6.07. The molecule has 1 amide bonds. The minimum Gasteiger partial charge on any atom is -0.486 e. The Labute approximate surface area is 132 Å². The number of ketones is 1. The standard InChI is InChI=1S/C18H21NO3.H2/c1-7-15(22-6)16(20)13-8-10-14(11-9-13)18(4,5)19-17(21)12(2)3;/h8-11H,1-2H2,3-6H3,(H,19,21);1H. The van der Waals surface area contributed by atoms with E-state index in [0.29, 0.717) is 11.1 Å². The fourth-order valence-electron chi connectivity index (χ4n) is 1.88. The minimum absolute atomic E-state index is 0. The van der Waals surface area contributed by atoms with E-state index in [-0.39, 0.29) is 18.9 Å². The first-order valence-electron chi connectivity index (χ1n) is 6.80. The molecule has 118 valence electrons. The van der Waals surface area contributed by atoms with Crippen LogP contribution in [-0.4, -0.2) is 18.8 Å². The number of ether oxygens (including phenoxy) is 1. The van der Waals surface area contributed by atoms with Crippen LogP contribution in [0.4, 0.5) is 0 Å². The fourth-order valence-corrected chi connectivity index (χ4v) is 1.88. The topological polar surface area (TPSA) is 55.4 Å². The highest BCUT2D eigenvalue weighted by Gasteiger charge is 2.23. The normalized spacial score (nSPS) is 10.4. The number of Topliss-reactive ketones (excluding diaryl/α,β-unsaturated/α-hetero) is 1. The van der Waals surface area contributed by atoms with E-state index in [1.165, 1.54) is 7.11 Å². The quantitative estimate of drug-likeness (QED) is 0.379. The molecule has 0 unspecified atom stereocenters. The zero-order chi connectivity index (χ0) is 16.9. The highest BCUT2D eigenvalue weighted by atomic mass is 16.5. The Morgan fingerprint density at radius 2 is 1.82 bits per heavy atom. The summed E-state index contributed by atoms with van der Waals surface area (Å²) in [7, 11) is 1.40. The molecular weight excluding hydrogens is 278 g/mol. The zero-order valence-electron chi connectivity index (χ0n) is 13.4. The molecule has 0 heterocycles. The molecule has 0 aliphatic rings. The van der Waals surface area contributed by atoms with Crippen LogP contribution in [0.5, 0.6) is 0 Å². The summed E-state index contributed by atoms with van der Waals surface area (Å²) in [6, 6.07) is 6.95. The molecule has 4 nitrogen and oxygen atoms in total. The Hall–Kier alpha value is -2.58. The first-order valence-corrected chi connectivity index (χ1v) is 6.80. The van der Waals surface area contributed by atoms with E-state index in [0.717, 1.165) is 5.56 Å². The van der Waals surface area contributed by atoms with Gasteiger partial charge >= 0.3 is 0 Å². The van der Waals surface area contributed by atoms with Crippen LogP contribution in [0, 0.1) is 0 Å². The van der Waals surface area contributed by atoms with Gasteiger partial charge in [-0.15, -0.1) is 0 Å². The smallest absolute Gasteiger partial charge is 0.246 e. The monoisotopic (exact) mass is 301 g/mol. The second-order valence-corrected chi connectivity index (χ2v) is 5.48. The molecule has 0 aromatic heterocycles. The van der Waals surface area contributed by atoms with Crippen molar-refractivity contribution in [1.29, 1.82) is 0 Å². The van der Waals surface area contributed by atoms with E-state index >= 15 is 0 Å². The number of methoxy groups -OCH3 is 1. The van der Waals surface area contributed by atoms with Crippen molar-refractivity contribution in [2.24, 2.45) is 0 Å². The van der Waals surface area contributed by atoms with Crippen molar-refractivity contribution in [3.8, 4) is 0 Å². The summed E-state index contributed by atoms with van der Waals surface area (Å²) in [6.07, 6.45) is 0. The van der Waals surface area contributed by atoms with Crippen LogP contribution in [0.2, 0.25) is 0 Å². The van der Waals surface area contributed by atoms with Gasteiger partial charge in [-0.25, -0.2) is 0 Å². The molecule has 22 heavy (non-hydrogen) atoms. The van der Waals surface area contributed by atoms with Gasteiger partial charge in [-0.3, -0.25) is 9.59 Å². The maximum atomic E-state index is 12.1. The van der Waals surface area contributed by atoms with Crippen LogP contribution in [-0.2, 0) is 15.1 Å². The minimum atomic E-state index is -0.573. The largest absolute Gasteiger partial charge is 0.486 e. The zero-order valence-corrected chi connectivity index (χ0v) is 13.4. The summed E-state index contributed by atoms with van der Waals surface area (Å²) >= 11 is 0. The van der Waals surface area contributed by atoms with Gasteiger partial charge in [0.2, 0.25) is 17.4 Å². The van der Waals surface area contributed by atoms with Gasteiger partial charge < -0.3 is 10.1 Å². The lowest BCUT2D eigenvalue weighted by Gasteiger charge is -2.27. The lowest BCUT2D eigenvalue weighted by molar-refractivity contribution is -0.119. The van der Waals surface area contributed by atoms with Crippen LogP contribution >= 0.6 is 0 Å². The van der Waals surface area contributed by atoms with E-state index in [9.17, 15) is 9.59 Å². The average Bonchev–Trinajstić information content (AvgIpc) is 2.48. The first kappa shape index (κ1) is 17.5. The Balaban J connectivity index is 0.00000484. The molecule has 0 aliphatic heterocycles. The molecule has 0 aliphatic carbocycles. The number of nitrogens with one attached hydrogen (secondary N) is 1. The molecule has 0 fully saturated rings. The second kappa shape index (κ2) is 6.92. The molecule has 0 bridgehead atoms. The van der Waals surface area contributed by atoms with Crippen molar-refractivity contribution >= 4 is 11.7 Å². The molecule has 1 aromatic rings. The van der Waals surface area contributed by atoms with Crippen molar-refractivity contribution in [3.05, 3.63) is 65.6 Å².